The van der Waals surface area contributed by atoms with E-state index in [0.717, 1.165) is 0 Å². The zero-order valence-corrected chi connectivity index (χ0v) is 19.5. The number of hydrogen-bond acceptors (Lipinski definition) is 5. The van der Waals surface area contributed by atoms with Gasteiger partial charge < -0.3 is 14.2 Å². The summed E-state index contributed by atoms with van der Waals surface area (Å²) in [7, 11) is 4.60. The van der Waals surface area contributed by atoms with E-state index in [-0.39, 0.29) is 23.5 Å². The predicted octanol–water partition coefficient (Wildman–Crippen LogP) is 5.02. The molecule has 1 heterocycles. The Labute approximate surface area is 192 Å². The maximum absolute atomic E-state index is 14.0. The van der Waals surface area contributed by atoms with Gasteiger partial charge in [-0.2, -0.15) is 0 Å². The number of carbonyl (C=O) groups excluding carboxylic acids is 2. The van der Waals surface area contributed by atoms with Gasteiger partial charge in [-0.1, -0.05) is 19.9 Å². The third-order valence-corrected chi connectivity index (χ3v) is 6.32. The van der Waals surface area contributed by atoms with Crippen LogP contribution >= 0.6 is 0 Å². The number of ether oxygens (including phenoxy) is 3. The molecule has 6 nitrogen and oxygen atoms in total. The molecule has 0 aromatic heterocycles. The average molecular weight is 454 g/mol. The van der Waals surface area contributed by atoms with Crippen molar-refractivity contribution in [3.05, 3.63) is 59.0 Å². The number of allylic oxidation sites excluding steroid dienone is 2. The molecule has 0 N–H and O–H groups in total. The number of hydrogen-bond donors (Lipinski definition) is 0. The van der Waals surface area contributed by atoms with Crippen LogP contribution in [-0.4, -0.2) is 33.0 Å². The lowest BCUT2D eigenvalue weighted by atomic mass is 9.69. The first kappa shape index (κ1) is 22.8. The van der Waals surface area contributed by atoms with Crippen molar-refractivity contribution in [1.29, 1.82) is 0 Å². The maximum atomic E-state index is 14.0. The second-order valence-electron chi connectivity index (χ2n) is 9.22. The van der Waals surface area contributed by atoms with Gasteiger partial charge in [0.25, 0.3) is 0 Å². The SMILES string of the molecule is COc1cc(OC)c(C2CC(=O)N(c3cccc(F)c3)C3=C2C(=O)CC(C)(C)C3)cc1OC. The highest BCUT2D eigenvalue weighted by Gasteiger charge is 2.45. The zero-order valence-electron chi connectivity index (χ0n) is 19.5. The fourth-order valence-electron chi connectivity index (χ4n) is 4.92. The average Bonchev–Trinajstić information content (AvgIpc) is 2.76. The van der Waals surface area contributed by atoms with E-state index in [1.165, 1.54) is 38.4 Å². The molecule has 174 valence electrons. The molecule has 0 bridgehead atoms. The lowest BCUT2D eigenvalue weighted by Gasteiger charge is -2.43. The highest BCUT2D eigenvalue weighted by molar-refractivity contribution is 6.08. The number of carbonyl (C=O) groups is 2. The molecular weight excluding hydrogens is 425 g/mol. The summed E-state index contributed by atoms with van der Waals surface area (Å²) in [6, 6.07) is 9.39. The molecule has 2 aromatic carbocycles. The summed E-state index contributed by atoms with van der Waals surface area (Å²) >= 11 is 0. The van der Waals surface area contributed by atoms with Crippen molar-refractivity contribution < 1.29 is 28.2 Å². The molecule has 2 aromatic rings. The smallest absolute Gasteiger partial charge is 0.232 e. The summed E-state index contributed by atoms with van der Waals surface area (Å²) in [6.07, 6.45) is 0.929. The molecule has 1 atom stereocenters. The highest BCUT2D eigenvalue weighted by Crippen LogP contribution is 2.51. The minimum atomic E-state index is -0.504. The van der Waals surface area contributed by atoms with E-state index < -0.39 is 11.7 Å². The standard InChI is InChI=1S/C26H28FNO5/c1-26(2)13-19-25(20(29)14-26)18(11-24(30)28(19)16-8-6-7-15(27)9-16)17-10-22(32-4)23(33-5)12-21(17)31-3/h6-10,12,18H,11,13-14H2,1-5H3. The van der Waals surface area contributed by atoms with Crippen LogP contribution in [-0.2, 0) is 9.59 Å². The summed E-state index contributed by atoms with van der Waals surface area (Å²) in [6.45, 7) is 4.01. The number of benzene rings is 2. The summed E-state index contributed by atoms with van der Waals surface area (Å²) < 4.78 is 30.5. The van der Waals surface area contributed by atoms with Crippen molar-refractivity contribution in [2.75, 3.05) is 26.2 Å². The number of methoxy groups -OCH3 is 3. The van der Waals surface area contributed by atoms with Gasteiger partial charge in [0.1, 0.15) is 11.6 Å². The van der Waals surface area contributed by atoms with E-state index in [4.69, 9.17) is 14.2 Å². The Morgan fingerprint density at radius 2 is 1.61 bits per heavy atom. The van der Waals surface area contributed by atoms with Gasteiger partial charge in [-0.3, -0.25) is 14.5 Å². The second-order valence-corrected chi connectivity index (χ2v) is 9.22. The second kappa shape index (κ2) is 8.54. The Bertz CT molecular complexity index is 1150. The molecule has 4 rings (SSSR count). The van der Waals surface area contributed by atoms with E-state index in [2.05, 4.69) is 0 Å². The molecule has 1 aliphatic carbocycles. The third kappa shape index (κ3) is 4.08. The van der Waals surface area contributed by atoms with E-state index in [0.29, 0.717) is 52.6 Å². The van der Waals surface area contributed by atoms with Gasteiger partial charge in [0.2, 0.25) is 5.91 Å². The van der Waals surface area contributed by atoms with Crippen LogP contribution in [0.4, 0.5) is 10.1 Å². The summed E-state index contributed by atoms with van der Waals surface area (Å²) in [5.41, 5.74) is 1.98. The zero-order chi connectivity index (χ0) is 23.9. The Morgan fingerprint density at radius 1 is 0.939 bits per heavy atom. The highest BCUT2D eigenvalue weighted by atomic mass is 19.1. The van der Waals surface area contributed by atoms with Crippen molar-refractivity contribution >= 4 is 17.4 Å². The Hall–Kier alpha value is -3.35. The molecule has 0 radical (unpaired) electrons. The molecule has 1 unspecified atom stereocenters. The first-order valence-electron chi connectivity index (χ1n) is 10.8. The van der Waals surface area contributed by atoms with Crippen LogP contribution in [0.2, 0.25) is 0 Å². The van der Waals surface area contributed by atoms with Crippen molar-refractivity contribution in [1.82, 2.24) is 0 Å². The van der Waals surface area contributed by atoms with Crippen molar-refractivity contribution in [2.45, 2.75) is 39.0 Å². The topological polar surface area (TPSA) is 65.1 Å². The van der Waals surface area contributed by atoms with Gasteiger partial charge >= 0.3 is 0 Å². The van der Waals surface area contributed by atoms with Gasteiger partial charge in [-0.25, -0.2) is 4.39 Å². The number of halogens is 1. The predicted molar refractivity (Wildman–Crippen MR) is 122 cm³/mol. The number of rotatable bonds is 5. The van der Waals surface area contributed by atoms with Crippen molar-refractivity contribution in [3.63, 3.8) is 0 Å². The number of Topliss-reactive ketones (excluding diaryl/α,β-unsaturated/α-hetero) is 1. The molecule has 33 heavy (non-hydrogen) atoms. The van der Waals surface area contributed by atoms with Crippen LogP contribution in [0.1, 0.15) is 44.6 Å². The van der Waals surface area contributed by atoms with Crippen LogP contribution in [0.5, 0.6) is 17.2 Å². The maximum Gasteiger partial charge on any atom is 0.232 e. The van der Waals surface area contributed by atoms with Gasteiger partial charge in [0.05, 0.1) is 27.0 Å². The number of anilines is 1. The minimum Gasteiger partial charge on any atom is -0.496 e. The van der Waals surface area contributed by atoms with Crippen molar-refractivity contribution in [2.24, 2.45) is 5.41 Å². The Kier molecular flexibility index (Phi) is 5.91. The van der Waals surface area contributed by atoms with Crippen LogP contribution in [0.3, 0.4) is 0 Å². The molecule has 0 spiro atoms. The van der Waals surface area contributed by atoms with Gasteiger partial charge in [-0.15, -0.1) is 0 Å². The third-order valence-electron chi connectivity index (χ3n) is 6.32. The number of ketones is 1. The van der Waals surface area contributed by atoms with E-state index in [1.54, 1.807) is 24.3 Å². The molecule has 0 fully saturated rings. The molecule has 0 saturated carbocycles. The van der Waals surface area contributed by atoms with Gasteiger partial charge in [0.15, 0.2) is 17.3 Å². The first-order chi connectivity index (χ1) is 15.7. The van der Waals surface area contributed by atoms with E-state index >= 15 is 0 Å². The molecule has 2 aliphatic rings. The summed E-state index contributed by atoms with van der Waals surface area (Å²) in [5.74, 6) is 0.326. The molecule has 7 heteroatoms. The van der Waals surface area contributed by atoms with E-state index in [1.807, 2.05) is 13.8 Å². The fourth-order valence-corrected chi connectivity index (χ4v) is 4.92. The Morgan fingerprint density at radius 3 is 2.24 bits per heavy atom. The van der Waals surface area contributed by atoms with Crippen LogP contribution in [0.25, 0.3) is 0 Å². The Balaban J connectivity index is 1.94. The largest absolute Gasteiger partial charge is 0.496 e. The molecule has 1 aliphatic heterocycles. The number of nitrogens with zero attached hydrogens (tertiary/aromatic N) is 1. The molecular formula is C26H28FNO5. The lowest BCUT2D eigenvalue weighted by Crippen LogP contribution is -2.43. The summed E-state index contributed by atoms with van der Waals surface area (Å²) in [4.78, 5) is 28.5. The van der Waals surface area contributed by atoms with Crippen LogP contribution < -0.4 is 19.1 Å². The van der Waals surface area contributed by atoms with Crippen molar-refractivity contribution in [3.8, 4) is 17.2 Å². The summed E-state index contributed by atoms with van der Waals surface area (Å²) in [5, 5.41) is 0. The van der Waals surface area contributed by atoms with Gasteiger partial charge in [0, 0.05) is 41.7 Å². The number of amides is 1. The minimum absolute atomic E-state index is 0.0167. The quantitative estimate of drug-likeness (QED) is 0.636. The van der Waals surface area contributed by atoms with E-state index in [9.17, 15) is 14.0 Å². The monoisotopic (exact) mass is 453 g/mol. The lowest BCUT2D eigenvalue weighted by molar-refractivity contribution is -0.121. The normalized spacial score (nSPS) is 19.9. The molecule has 1 amide bonds. The van der Waals surface area contributed by atoms with Crippen LogP contribution in [0, 0.1) is 11.2 Å². The van der Waals surface area contributed by atoms with Gasteiger partial charge in [-0.05, 0) is 36.1 Å². The van der Waals surface area contributed by atoms with Crippen LogP contribution in [0.15, 0.2) is 47.7 Å². The molecule has 0 saturated heterocycles. The fraction of sp³-hybridized carbons (Fsp3) is 0.385. The first-order valence-corrected chi connectivity index (χ1v) is 10.8.